The SMILES string of the molecule is CCOC(=O)Cc1noc2c3c(ccc12)CC(N1CC2(CCC(c4ccc(Nc5nc(N6CCC[C@@H](N7CCN(C)C7=O)C6)cnc5C(N)=O)cc4)CC2)C1)C3. The number of nitrogens with zero attached hydrogens (tertiary/aromatic N) is 7. The Hall–Kier alpha value is -5.24. The van der Waals surface area contributed by atoms with E-state index in [0.29, 0.717) is 47.9 Å². The number of hydrogen-bond acceptors (Lipinski definition) is 11. The maximum Gasteiger partial charge on any atom is 0.320 e. The van der Waals surface area contributed by atoms with Crippen LogP contribution in [0.4, 0.5) is 22.1 Å². The van der Waals surface area contributed by atoms with Crippen LogP contribution >= 0.6 is 0 Å². The molecule has 5 heterocycles. The number of urea groups is 1. The van der Waals surface area contributed by atoms with Crippen LogP contribution in [0.3, 0.4) is 0 Å². The smallest absolute Gasteiger partial charge is 0.320 e. The molecule has 1 saturated carbocycles. The summed E-state index contributed by atoms with van der Waals surface area (Å²) in [7, 11) is 1.84. The van der Waals surface area contributed by atoms with Gasteiger partial charge < -0.3 is 35.0 Å². The van der Waals surface area contributed by atoms with Gasteiger partial charge in [-0.1, -0.05) is 23.4 Å². The number of amides is 3. The Kier molecular flexibility index (Phi) is 9.54. The molecule has 14 nitrogen and oxygen atoms in total. The van der Waals surface area contributed by atoms with E-state index in [-0.39, 0.29) is 30.2 Å². The van der Waals surface area contributed by atoms with E-state index in [9.17, 15) is 14.4 Å². The lowest BCUT2D eigenvalue weighted by Crippen LogP contribution is -2.61. The summed E-state index contributed by atoms with van der Waals surface area (Å²) >= 11 is 0. The highest BCUT2D eigenvalue weighted by molar-refractivity contribution is 5.96. The molecule has 1 spiro atoms. The van der Waals surface area contributed by atoms with Gasteiger partial charge in [0.1, 0.15) is 11.5 Å². The van der Waals surface area contributed by atoms with E-state index >= 15 is 0 Å². The van der Waals surface area contributed by atoms with Gasteiger partial charge in [-0.25, -0.2) is 14.8 Å². The summed E-state index contributed by atoms with van der Waals surface area (Å²) in [5.41, 5.74) is 12.4. The third-order valence-corrected chi connectivity index (χ3v) is 13.1. The van der Waals surface area contributed by atoms with E-state index in [1.165, 1.54) is 42.4 Å². The predicted molar refractivity (Wildman–Crippen MR) is 211 cm³/mol. The van der Waals surface area contributed by atoms with Crippen molar-refractivity contribution in [3.8, 4) is 0 Å². The number of esters is 1. The van der Waals surface area contributed by atoms with Gasteiger partial charge in [-0.15, -0.1) is 0 Å². The molecule has 2 atom stereocenters. The van der Waals surface area contributed by atoms with Gasteiger partial charge in [-0.2, -0.15) is 0 Å². The van der Waals surface area contributed by atoms with Crippen LogP contribution in [0, 0.1) is 5.41 Å². The number of carbonyl (C=O) groups is 3. The highest BCUT2D eigenvalue weighted by atomic mass is 16.5. The lowest BCUT2D eigenvalue weighted by atomic mass is 9.64. The number of carbonyl (C=O) groups excluding carboxylic acids is 3. The molecule has 4 fully saturated rings. The van der Waals surface area contributed by atoms with E-state index in [4.69, 9.17) is 20.0 Å². The molecule has 4 aromatic rings. The lowest BCUT2D eigenvalue weighted by molar-refractivity contribution is -0.142. The number of piperidine rings is 1. The normalized spacial score (nSPS) is 22.5. The number of primary amides is 1. The fourth-order valence-electron chi connectivity index (χ4n) is 10.0. The highest BCUT2D eigenvalue weighted by Gasteiger charge is 2.48. The average Bonchev–Trinajstić information content (AvgIpc) is 3.90. The predicted octanol–water partition coefficient (Wildman–Crippen LogP) is 5.03. The first-order valence-corrected chi connectivity index (χ1v) is 20.3. The van der Waals surface area contributed by atoms with Crippen LogP contribution < -0.4 is 16.0 Å². The van der Waals surface area contributed by atoms with Gasteiger partial charge in [0.25, 0.3) is 5.91 Å². The van der Waals surface area contributed by atoms with Gasteiger partial charge in [0, 0.05) is 69.0 Å². The van der Waals surface area contributed by atoms with Crippen LogP contribution in [-0.4, -0.2) is 113 Å². The van der Waals surface area contributed by atoms with Crippen molar-refractivity contribution in [3.05, 3.63) is 70.7 Å². The van der Waals surface area contributed by atoms with Crippen molar-refractivity contribution in [2.24, 2.45) is 11.1 Å². The maximum absolute atomic E-state index is 12.7. The van der Waals surface area contributed by atoms with Crippen molar-refractivity contribution in [1.29, 1.82) is 0 Å². The fourth-order valence-corrected chi connectivity index (χ4v) is 10.0. The van der Waals surface area contributed by atoms with Crippen molar-refractivity contribution in [1.82, 2.24) is 29.8 Å². The number of nitrogens with two attached hydrogens (primary N) is 1. The monoisotopic (exact) mass is 761 g/mol. The number of hydrogen-bond donors (Lipinski definition) is 2. The second kappa shape index (κ2) is 14.7. The topological polar surface area (TPSA) is 163 Å². The largest absolute Gasteiger partial charge is 0.466 e. The van der Waals surface area contributed by atoms with E-state index in [0.717, 1.165) is 75.1 Å². The maximum atomic E-state index is 12.7. The Morgan fingerprint density at radius 2 is 1.82 bits per heavy atom. The number of likely N-dealkylation sites (tertiary alicyclic amines) is 1. The molecule has 14 heteroatoms. The third kappa shape index (κ3) is 6.81. The first-order valence-electron chi connectivity index (χ1n) is 20.3. The van der Waals surface area contributed by atoms with Gasteiger partial charge in [-0.3, -0.25) is 14.5 Å². The summed E-state index contributed by atoms with van der Waals surface area (Å²) in [5.74, 6) is 0.599. The summed E-state index contributed by atoms with van der Waals surface area (Å²) in [4.78, 5) is 54.9. The molecule has 2 aromatic heterocycles. The molecule has 9 rings (SSSR count). The molecular weight excluding hydrogens is 711 g/mol. The van der Waals surface area contributed by atoms with Crippen molar-refractivity contribution >= 4 is 46.2 Å². The van der Waals surface area contributed by atoms with Crippen molar-refractivity contribution in [2.75, 3.05) is 63.1 Å². The van der Waals surface area contributed by atoms with Crippen LogP contribution in [0.2, 0.25) is 0 Å². The Bertz CT molecular complexity index is 2140. The summed E-state index contributed by atoms with van der Waals surface area (Å²) in [6.07, 6.45) is 10.4. The number of aromatic nitrogens is 3. The number of ether oxygens (including phenoxy) is 1. The van der Waals surface area contributed by atoms with Gasteiger partial charge in [0.05, 0.1) is 25.3 Å². The van der Waals surface area contributed by atoms with Crippen LogP contribution in [0.5, 0.6) is 0 Å². The summed E-state index contributed by atoms with van der Waals surface area (Å²) in [5, 5.41) is 8.49. The first-order chi connectivity index (χ1) is 27.2. The zero-order valence-corrected chi connectivity index (χ0v) is 32.3. The minimum atomic E-state index is -0.637. The van der Waals surface area contributed by atoms with Crippen LogP contribution in [0.25, 0.3) is 11.0 Å². The van der Waals surface area contributed by atoms with E-state index < -0.39 is 5.91 Å². The second-order valence-corrected chi connectivity index (χ2v) is 16.6. The summed E-state index contributed by atoms with van der Waals surface area (Å²) in [6, 6.07) is 13.4. The van der Waals surface area contributed by atoms with E-state index in [1.54, 1.807) is 11.1 Å². The first kappa shape index (κ1) is 36.4. The van der Waals surface area contributed by atoms with Crippen LogP contribution in [0.1, 0.15) is 84.2 Å². The molecule has 2 aromatic carbocycles. The highest BCUT2D eigenvalue weighted by Crippen LogP contribution is 2.50. The fraction of sp³-hybridized carbons (Fsp3) is 0.524. The number of likely N-dealkylation sites (N-methyl/N-ethyl adjacent to an activating group) is 1. The van der Waals surface area contributed by atoms with Gasteiger partial charge >= 0.3 is 12.0 Å². The molecule has 3 N–H and O–H groups in total. The lowest BCUT2D eigenvalue weighted by Gasteiger charge is -2.56. The molecule has 3 saturated heterocycles. The molecule has 2 aliphatic carbocycles. The standard InChI is InChI=1S/C42H51N9O5/c1-3-55-36(52)21-34-32-11-8-28-19-31(20-33(28)38(32)56-47-34)50-24-42(25-50)14-12-27(13-15-42)26-6-9-29(10-7-26)45-40-37(39(43)53)44-22-35(46-40)49-16-4-5-30(23-49)51-18-17-48(2)41(51)54/h6-11,22,27,30-31H,3-5,12-21,23-25H2,1-2H3,(H2,43,53)(H,45,46)/t30-,31?/m1/s1. The quantitative estimate of drug-likeness (QED) is 0.209. The van der Waals surface area contributed by atoms with E-state index in [2.05, 4.69) is 61.7 Å². The second-order valence-electron chi connectivity index (χ2n) is 16.6. The van der Waals surface area contributed by atoms with E-state index in [1.807, 2.05) is 18.9 Å². The molecule has 3 amide bonds. The molecule has 3 aliphatic heterocycles. The van der Waals surface area contributed by atoms with Crippen molar-refractivity contribution < 1.29 is 23.6 Å². The molecular formula is C42H51N9O5. The summed E-state index contributed by atoms with van der Waals surface area (Å²) in [6.45, 7) is 7.39. The molecule has 0 bridgehead atoms. The molecule has 0 radical (unpaired) electrons. The number of fused-ring (bicyclic) bond motifs is 3. The Morgan fingerprint density at radius 1 is 1.02 bits per heavy atom. The zero-order chi connectivity index (χ0) is 38.6. The van der Waals surface area contributed by atoms with Gasteiger partial charge in [0.15, 0.2) is 17.1 Å². The zero-order valence-electron chi connectivity index (χ0n) is 32.3. The minimum absolute atomic E-state index is 0.0759. The minimum Gasteiger partial charge on any atom is -0.466 e. The summed E-state index contributed by atoms with van der Waals surface area (Å²) < 4.78 is 10.9. The number of benzene rings is 2. The number of rotatable bonds is 10. The Balaban J connectivity index is 0.792. The molecule has 1 unspecified atom stereocenters. The third-order valence-electron chi connectivity index (χ3n) is 13.1. The molecule has 294 valence electrons. The van der Waals surface area contributed by atoms with Crippen molar-refractivity contribution in [2.45, 2.75) is 82.7 Å². The average molecular weight is 762 g/mol. The van der Waals surface area contributed by atoms with Crippen molar-refractivity contribution in [3.63, 3.8) is 0 Å². The van der Waals surface area contributed by atoms with Gasteiger partial charge in [-0.05, 0) is 98.9 Å². The van der Waals surface area contributed by atoms with Crippen LogP contribution in [-0.2, 0) is 28.8 Å². The van der Waals surface area contributed by atoms with Crippen LogP contribution in [0.15, 0.2) is 47.1 Å². The number of anilines is 3. The molecule has 5 aliphatic rings. The Morgan fingerprint density at radius 3 is 2.55 bits per heavy atom. The molecule has 56 heavy (non-hydrogen) atoms. The Labute approximate surface area is 326 Å². The van der Waals surface area contributed by atoms with Gasteiger partial charge in [0.2, 0.25) is 0 Å². The number of nitrogens with one attached hydrogen (secondary N) is 1.